The van der Waals surface area contributed by atoms with Crippen molar-refractivity contribution in [3.05, 3.63) is 253 Å². The maximum atomic E-state index is 5.27. The summed E-state index contributed by atoms with van der Waals surface area (Å²) in [6.07, 6.45) is 0.842. The normalized spacial score (nSPS) is 12.3. The van der Waals surface area contributed by atoms with Gasteiger partial charge in [0.1, 0.15) is 0 Å². The van der Waals surface area contributed by atoms with Crippen LogP contribution in [0.2, 0.25) is 0 Å². The number of hydrogen-bond donors (Lipinski definition) is 0. The summed E-state index contributed by atoms with van der Waals surface area (Å²) in [5.41, 5.74) is 19.9. The highest BCUT2D eigenvalue weighted by molar-refractivity contribution is 6.16. The molecule has 0 amide bonds. The van der Waals surface area contributed by atoms with Crippen LogP contribution >= 0.6 is 0 Å². The van der Waals surface area contributed by atoms with Crippen LogP contribution < -0.4 is 4.90 Å². The molecule has 0 atom stereocenters. The molecule has 1 aromatic heterocycles. The predicted octanol–water partition coefficient (Wildman–Crippen LogP) is 15.4. The fraction of sp³-hybridized carbons (Fsp3) is 0.0492. The molecule has 0 unspecified atom stereocenters. The molecule has 9 aromatic carbocycles. The lowest BCUT2D eigenvalue weighted by Crippen LogP contribution is -2.10. The van der Waals surface area contributed by atoms with Crippen LogP contribution in [-0.4, -0.2) is 23.2 Å². The number of anilines is 2. The Hall–Kier alpha value is -8.34. The summed E-state index contributed by atoms with van der Waals surface area (Å²) in [6.45, 7) is 6.48. The Morgan fingerprint density at radius 1 is 0.508 bits per heavy atom. The van der Waals surface area contributed by atoms with Gasteiger partial charge in [-0.15, -0.1) is 0 Å². The molecule has 4 heteroatoms. The van der Waals surface area contributed by atoms with Crippen molar-refractivity contribution < 1.29 is 0 Å². The summed E-state index contributed by atoms with van der Waals surface area (Å²) >= 11 is 0. The highest BCUT2D eigenvalue weighted by Gasteiger charge is 2.25. The zero-order chi connectivity index (χ0) is 43.9. The van der Waals surface area contributed by atoms with E-state index in [1.54, 1.807) is 0 Å². The molecule has 10 aromatic rings. The number of nitrogens with zero attached hydrogens (tertiary/aromatic N) is 4. The molecule has 1 aliphatic rings. The maximum absolute atomic E-state index is 5.27. The quantitative estimate of drug-likeness (QED) is 0.105. The van der Waals surface area contributed by atoms with E-state index in [1.165, 1.54) is 44.1 Å². The summed E-state index contributed by atoms with van der Waals surface area (Å²) in [7, 11) is 2.16. The van der Waals surface area contributed by atoms with Gasteiger partial charge in [-0.3, -0.25) is 0 Å². The zero-order valence-corrected chi connectivity index (χ0v) is 36.5. The Kier molecular flexibility index (Phi) is 10.2. The molecule has 0 aliphatic heterocycles. The second-order valence-corrected chi connectivity index (χ2v) is 16.7. The van der Waals surface area contributed by atoms with Crippen molar-refractivity contribution in [1.29, 1.82) is 0 Å². The molecule has 0 radical (unpaired) electrons. The van der Waals surface area contributed by atoms with Crippen molar-refractivity contribution in [2.75, 3.05) is 11.9 Å². The van der Waals surface area contributed by atoms with Gasteiger partial charge in [-0.25, -0.2) is 9.98 Å². The van der Waals surface area contributed by atoms with Crippen molar-refractivity contribution >= 4 is 50.4 Å². The van der Waals surface area contributed by atoms with E-state index in [0.717, 1.165) is 68.1 Å². The number of benzene rings is 9. The number of rotatable bonds is 9. The van der Waals surface area contributed by atoms with Gasteiger partial charge in [0.25, 0.3) is 0 Å². The number of fused-ring (bicyclic) bond motifs is 6. The number of hydrogen-bond acceptors (Lipinski definition) is 2. The van der Waals surface area contributed by atoms with E-state index in [1.807, 2.05) is 48.5 Å². The highest BCUT2D eigenvalue weighted by Crippen LogP contribution is 2.44. The first-order valence-electron chi connectivity index (χ1n) is 22.2. The summed E-state index contributed by atoms with van der Waals surface area (Å²) in [4.78, 5) is 12.8. The third-order valence-corrected chi connectivity index (χ3v) is 12.8. The Morgan fingerprint density at radius 2 is 1.12 bits per heavy atom. The highest BCUT2D eigenvalue weighted by atomic mass is 15.1. The minimum absolute atomic E-state index is 0.647. The van der Waals surface area contributed by atoms with Gasteiger partial charge in [0.05, 0.1) is 16.7 Å². The van der Waals surface area contributed by atoms with Gasteiger partial charge < -0.3 is 9.47 Å². The van der Waals surface area contributed by atoms with Crippen LogP contribution in [0.25, 0.3) is 66.6 Å². The van der Waals surface area contributed by atoms with Crippen molar-refractivity contribution in [1.82, 2.24) is 4.57 Å². The predicted molar refractivity (Wildman–Crippen MR) is 275 cm³/mol. The van der Waals surface area contributed by atoms with Crippen molar-refractivity contribution in [3.63, 3.8) is 0 Å². The molecule has 0 saturated heterocycles. The van der Waals surface area contributed by atoms with Crippen LogP contribution in [0.4, 0.5) is 11.4 Å². The van der Waals surface area contributed by atoms with Crippen LogP contribution in [0.5, 0.6) is 0 Å². The fourth-order valence-electron chi connectivity index (χ4n) is 9.49. The monoisotopic (exact) mass is 834 g/mol. The Bertz CT molecular complexity index is 3470. The molecule has 0 saturated carbocycles. The minimum Gasteiger partial charge on any atom is -0.344 e. The number of amidine groups is 1. The molecule has 0 bridgehead atoms. The molecular formula is C61H46N4. The van der Waals surface area contributed by atoms with Crippen LogP contribution in [0.1, 0.15) is 34.7 Å². The van der Waals surface area contributed by atoms with Gasteiger partial charge in [-0.05, 0) is 118 Å². The molecule has 1 heterocycles. The number of para-hydroxylation sites is 3. The first-order valence-corrected chi connectivity index (χ1v) is 22.2. The van der Waals surface area contributed by atoms with Gasteiger partial charge >= 0.3 is 0 Å². The van der Waals surface area contributed by atoms with Crippen molar-refractivity contribution in [2.45, 2.75) is 13.3 Å². The Morgan fingerprint density at radius 3 is 1.88 bits per heavy atom. The SMILES string of the molecule is C=C(/N=C(\N=C(/C)c1ccccc1)c1cccc2c1-c1cc(-c3ccc(N(C)c4ccccc4)c(-c4ccc5c6ccccc6n(-c6ccccc6)c5c4)c3)ccc1C2)c1ccccc1. The second-order valence-electron chi connectivity index (χ2n) is 16.7. The lowest BCUT2D eigenvalue weighted by atomic mass is 9.93. The van der Waals surface area contributed by atoms with Crippen molar-refractivity contribution in [3.8, 4) is 39.1 Å². The topological polar surface area (TPSA) is 32.9 Å². The van der Waals surface area contributed by atoms with E-state index in [9.17, 15) is 0 Å². The number of aromatic nitrogens is 1. The first-order chi connectivity index (χ1) is 32.0. The van der Waals surface area contributed by atoms with Crippen LogP contribution in [0.3, 0.4) is 0 Å². The Balaban J connectivity index is 1.06. The summed E-state index contributed by atoms with van der Waals surface area (Å²) in [6, 6.07) is 77.9. The molecule has 0 spiro atoms. The minimum atomic E-state index is 0.647. The lowest BCUT2D eigenvalue weighted by molar-refractivity contribution is 1.18. The van der Waals surface area contributed by atoms with Gasteiger partial charge in [0, 0.05) is 51.7 Å². The van der Waals surface area contributed by atoms with Crippen LogP contribution in [0, 0.1) is 0 Å². The third kappa shape index (κ3) is 7.35. The van der Waals surface area contributed by atoms with Gasteiger partial charge in [0.15, 0.2) is 5.84 Å². The van der Waals surface area contributed by atoms with Crippen LogP contribution in [-0.2, 0) is 6.42 Å². The average Bonchev–Trinajstić information content (AvgIpc) is 3.92. The largest absolute Gasteiger partial charge is 0.344 e. The van der Waals surface area contributed by atoms with E-state index < -0.39 is 0 Å². The maximum Gasteiger partial charge on any atom is 0.160 e. The smallest absolute Gasteiger partial charge is 0.160 e. The molecule has 1 aliphatic carbocycles. The first kappa shape index (κ1) is 39.5. The average molecular weight is 835 g/mol. The summed E-state index contributed by atoms with van der Waals surface area (Å²) in [5.74, 6) is 0.647. The van der Waals surface area contributed by atoms with E-state index >= 15 is 0 Å². The molecular weight excluding hydrogens is 789 g/mol. The van der Waals surface area contributed by atoms with Gasteiger partial charge in [-0.2, -0.15) is 0 Å². The third-order valence-electron chi connectivity index (χ3n) is 12.8. The van der Waals surface area contributed by atoms with Gasteiger partial charge in [-0.1, -0.05) is 170 Å². The lowest BCUT2D eigenvalue weighted by Gasteiger charge is -2.24. The Labute approximate surface area is 380 Å². The molecule has 0 fully saturated rings. The van der Waals surface area contributed by atoms with Gasteiger partial charge in [0.2, 0.25) is 0 Å². The molecule has 310 valence electrons. The van der Waals surface area contributed by atoms with E-state index in [2.05, 4.69) is 200 Å². The fourth-order valence-corrected chi connectivity index (χ4v) is 9.49. The van der Waals surface area contributed by atoms with Crippen molar-refractivity contribution in [2.24, 2.45) is 9.98 Å². The summed E-state index contributed by atoms with van der Waals surface area (Å²) < 4.78 is 2.40. The molecule has 0 N–H and O–H groups in total. The standard InChI is InChI=1S/C61H46N4/c1-41(43-19-8-4-9-20-43)62-61(63-42(2)44-21-10-5-11-22-44)54-29-18-23-49-37-47-32-31-45(39-56(47)60(49)54)46-34-36-57(64(3)50-24-12-6-13-25-50)55(38-46)48-33-35-53-52-28-16-17-30-58(52)65(59(53)40-48)51-26-14-7-15-27-51/h4-36,38-40H,1,37H2,2-3H3/b62-61-,63-42+. The molecule has 65 heavy (non-hydrogen) atoms. The van der Waals surface area contributed by atoms with E-state index in [-0.39, 0.29) is 0 Å². The van der Waals surface area contributed by atoms with E-state index in [0.29, 0.717) is 11.5 Å². The van der Waals surface area contributed by atoms with Crippen LogP contribution in [0.15, 0.2) is 235 Å². The summed E-state index contributed by atoms with van der Waals surface area (Å²) in [5, 5.41) is 2.47. The van der Waals surface area contributed by atoms with E-state index in [4.69, 9.17) is 9.98 Å². The molecule has 11 rings (SSSR count). The zero-order valence-electron chi connectivity index (χ0n) is 36.5. The number of aliphatic imine (C=N–C) groups is 2. The second kappa shape index (κ2) is 16.7. The molecule has 4 nitrogen and oxygen atoms in total.